The van der Waals surface area contributed by atoms with E-state index in [1.54, 1.807) is 6.07 Å². The zero-order chi connectivity index (χ0) is 21.1. The maximum atomic E-state index is 12.9. The first-order valence-corrected chi connectivity index (χ1v) is 11.6. The molecule has 156 valence electrons. The Hall–Kier alpha value is -2.09. The van der Waals surface area contributed by atoms with E-state index in [0.29, 0.717) is 25.4 Å². The van der Waals surface area contributed by atoms with Gasteiger partial charge in [-0.1, -0.05) is 41.9 Å². The number of sulfonamides is 1. The van der Waals surface area contributed by atoms with E-state index in [2.05, 4.69) is 17.4 Å². The second-order valence-corrected chi connectivity index (χ2v) is 9.76. The van der Waals surface area contributed by atoms with E-state index in [0.717, 1.165) is 23.4 Å². The van der Waals surface area contributed by atoms with Crippen molar-refractivity contribution in [3.05, 3.63) is 64.7 Å². The summed E-state index contributed by atoms with van der Waals surface area (Å²) < 4.78 is 30.3. The zero-order valence-corrected chi connectivity index (χ0v) is 18.1. The van der Waals surface area contributed by atoms with Crippen molar-refractivity contribution in [2.24, 2.45) is 0 Å². The normalized spacial score (nSPS) is 16.2. The highest BCUT2D eigenvalue weighted by Crippen LogP contribution is 2.34. The Labute approximate surface area is 176 Å². The highest BCUT2D eigenvalue weighted by Gasteiger charge is 2.35. The van der Waals surface area contributed by atoms with Crippen molar-refractivity contribution in [1.82, 2.24) is 5.32 Å². The highest BCUT2D eigenvalue weighted by molar-refractivity contribution is 7.92. The standard InChI is InChI=1S/C21H25ClN2O4S/c1-24(29(2,26)27)17-8-9-19(22)18(14-17)20(25)23-15-21(10-12-28-13-11-21)16-6-4-3-5-7-16/h3-9,14H,10-13,15H2,1-2H3,(H,23,25). The van der Waals surface area contributed by atoms with Crippen molar-refractivity contribution in [2.45, 2.75) is 18.3 Å². The first kappa shape index (κ1) is 21.6. The largest absolute Gasteiger partial charge is 0.381 e. The lowest BCUT2D eigenvalue weighted by molar-refractivity contribution is 0.0487. The Morgan fingerprint density at radius 3 is 2.45 bits per heavy atom. The summed E-state index contributed by atoms with van der Waals surface area (Å²) in [4.78, 5) is 12.9. The van der Waals surface area contributed by atoms with Crippen molar-refractivity contribution < 1.29 is 17.9 Å². The van der Waals surface area contributed by atoms with E-state index in [4.69, 9.17) is 16.3 Å². The molecule has 1 aliphatic heterocycles. The molecule has 3 rings (SSSR count). The molecule has 2 aromatic rings. The molecule has 0 aliphatic carbocycles. The van der Waals surface area contributed by atoms with Crippen LogP contribution in [0.1, 0.15) is 28.8 Å². The lowest BCUT2D eigenvalue weighted by Gasteiger charge is -2.38. The molecule has 0 aromatic heterocycles. The van der Waals surface area contributed by atoms with E-state index in [1.165, 1.54) is 24.7 Å². The summed E-state index contributed by atoms with van der Waals surface area (Å²) in [5.74, 6) is -0.333. The van der Waals surface area contributed by atoms with E-state index < -0.39 is 10.0 Å². The molecule has 1 fully saturated rings. The number of ether oxygens (including phenoxy) is 1. The molecule has 1 aliphatic rings. The average molecular weight is 437 g/mol. The Morgan fingerprint density at radius 2 is 1.83 bits per heavy atom. The Balaban J connectivity index is 1.82. The van der Waals surface area contributed by atoms with Gasteiger partial charge in [-0.05, 0) is 36.6 Å². The van der Waals surface area contributed by atoms with Gasteiger partial charge in [-0.25, -0.2) is 8.42 Å². The lowest BCUT2D eigenvalue weighted by Crippen LogP contribution is -2.44. The summed E-state index contributed by atoms with van der Waals surface area (Å²) in [5, 5.41) is 3.28. The molecule has 6 nitrogen and oxygen atoms in total. The van der Waals surface area contributed by atoms with E-state index in [-0.39, 0.29) is 21.9 Å². The maximum absolute atomic E-state index is 12.9. The molecule has 0 saturated carbocycles. The van der Waals surface area contributed by atoms with Crippen LogP contribution in [0.2, 0.25) is 5.02 Å². The van der Waals surface area contributed by atoms with Crippen LogP contribution in [0.15, 0.2) is 48.5 Å². The molecular formula is C21H25ClN2O4S. The van der Waals surface area contributed by atoms with Gasteiger partial charge in [0.1, 0.15) is 0 Å². The lowest BCUT2D eigenvalue weighted by atomic mass is 9.74. The summed E-state index contributed by atoms with van der Waals surface area (Å²) in [5.41, 5.74) is 1.59. The minimum atomic E-state index is -3.44. The second-order valence-electron chi connectivity index (χ2n) is 7.34. The summed E-state index contributed by atoms with van der Waals surface area (Å²) in [6.45, 7) is 1.72. The minimum absolute atomic E-state index is 0.206. The fraction of sp³-hybridized carbons (Fsp3) is 0.381. The molecule has 29 heavy (non-hydrogen) atoms. The van der Waals surface area contributed by atoms with Gasteiger partial charge in [-0.2, -0.15) is 0 Å². The van der Waals surface area contributed by atoms with Crippen molar-refractivity contribution in [3.63, 3.8) is 0 Å². The van der Waals surface area contributed by atoms with Crippen LogP contribution in [0.4, 0.5) is 5.69 Å². The Bertz CT molecular complexity index is 973. The molecule has 1 saturated heterocycles. The van der Waals surface area contributed by atoms with E-state index in [9.17, 15) is 13.2 Å². The number of nitrogens with zero attached hydrogens (tertiary/aromatic N) is 1. The van der Waals surface area contributed by atoms with E-state index in [1.807, 2.05) is 18.2 Å². The molecule has 1 N–H and O–H groups in total. The monoisotopic (exact) mass is 436 g/mol. The molecule has 0 radical (unpaired) electrons. The average Bonchev–Trinajstić information content (AvgIpc) is 2.72. The first-order chi connectivity index (χ1) is 13.7. The van der Waals surface area contributed by atoms with E-state index >= 15 is 0 Å². The number of benzene rings is 2. The predicted molar refractivity (Wildman–Crippen MR) is 115 cm³/mol. The number of hydrogen-bond acceptors (Lipinski definition) is 4. The molecule has 0 bridgehead atoms. The van der Waals surface area contributed by atoms with Crippen LogP contribution in [0, 0.1) is 0 Å². The summed E-state index contributed by atoms with van der Waals surface area (Å²) in [6, 6.07) is 14.7. The third kappa shape index (κ3) is 4.91. The van der Waals surface area contributed by atoms with Gasteiger partial charge in [0, 0.05) is 32.2 Å². The number of nitrogens with one attached hydrogen (secondary N) is 1. The SMILES string of the molecule is CN(c1ccc(Cl)c(C(=O)NCC2(c3ccccc3)CCOCC2)c1)S(C)(=O)=O. The summed E-state index contributed by atoms with van der Waals surface area (Å²) in [6.07, 6.45) is 2.72. The third-order valence-corrected chi connectivity index (χ3v) is 7.01. The molecule has 0 atom stereocenters. The Morgan fingerprint density at radius 1 is 1.17 bits per heavy atom. The van der Waals surface area contributed by atoms with Crippen molar-refractivity contribution in [2.75, 3.05) is 37.4 Å². The first-order valence-electron chi connectivity index (χ1n) is 9.38. The van der Waals surface area contributed by atoms with Crippen LogP contribution in [-0.2, 0) is 20.2 Å². The van der Waals surface area contributed by atoms with Gasteiger partial charge in [-0.15, -0.1) is 0 Å². The van der Waals surface area contributed by atoms with Crippen LogP contribution in [0.3, 0.4) is 0 Å². The van der Waals surface area contributed by atoms with Gasteiger partial charge in [0.05, 0.1) is 22.5 Å². The van der Waals surface area contributed by atoms with Gasteiger partial charge in [0.15, 0.2) is 0 Å². The number of amides is 1. The Kier molecular flexibility index (Phi) is 6.51. The third-order valence-electron chi connectivity index (χ3n) is 5.48. The van der Waals surface area contributed by atoms with Gasteiger partial charge in [-0.3, -0.25) is 9.10 Å². The predicted octanol–water partition coefficient (Wildman–Crippen LogP) is 3.21. The van der Waals surface area contributed by atoms with Crippen molar-refractivity contribution in [3.8, 4) is 0 Å². The van der Waals surface area contributed by atoms with Crippen molar-refractivity contribution >= 4 is 33.2 Å². The summed E-state index contributed by atoms with van der Waals surface area (Å²) >= 11 is 6.23. The number of halogens is 1. The van der Waals surface area contributed by atoms with Gasteiger partial charge >= 0.3 is 0 Å². The molecule has 1 heterocycles. The van der Waals surface area contributed by atoms with Gasteiger partial charge in [0.25, 0.3) is 5.91 Å². The van der Waals surface area contributed by atoms with Crippen molar-refractivity contribution in [1.29, 1.82) is 0 Å². The van der Waals surface area contributed by atoms with Crippen LogP contribution in [0.5, 0.6) is 0 Å². The fourth-order valence-corrected chi connectivity index (χ4v) is 4.24. The van der Waals surface area contributed by atoms with Crippen LogP contribution >= 0.6 is 11.6 Å². The smallest absolute Gasteiger partial charge is 0.252 e. The molecular weight excluding hydrogens is 412 g/mol. The van der Waals surface area contributed by atoms with Crippen LogP contribution in [0.25, 0.3) is 0 Å². The van der Waals surface area contributed by atoms with Crippen LogP contribution in [-0.4, -0.2) is 47.4 Å². The fourth-order valence-electron chi connectivity index (χ4n) is 3.54. The molecule has 2 aromatic carbocycles. The number of rotatable bonds is 6. The van der Waals surface area contributed by atoms with Gasteiger partial charge in [0.2, 0.25) is 10.0 Å². The minimum Gasteiger partial charge on any atom is -0.381 e. The number of anilines is 1. The number of hydrogen-bond donors (Lipinski definition) is 1. The molecule has 0 spiro atoms. The second kappa shape index (κ2) is 8.73. The van der Waals surface area contributed by atoms with Gasteiger partial charge < -0.3 is 10.1 Å². The quantitative estimate of drug-likeness (QED) is 0.754. The van der Waals surface area contributed by atoms with Crippen LogP contribution < -0.4 is 9.62 Å². The summed E-state index contributed by atoms with van der Waals surface area (Å²) in [7, 11) is -2.00. The molecule has 1 amide bonds. The maximum Gasteiger partial charge on any atom is 0.252 e. The number of carbonyl (C=O) groups is 1. The highest BCUT2D eigenvalue weighted by atomic mass is 35.5. The topological polar surface area (TPSA) is 75.7 Å². The zero-order valence-electron chi connectivity index (χ0n) is 16.5. The molecule has 8 heteroatoms. The number of carbonyl (C=O) groups excluding carboxylic acids is 1. The molecule has 0 unspecified atom stereocenters.